The minimum Gasteiger partial charge on any atom is -0.493 e. The van der Waals surface area contributed by atoms with E-state index in [2.05, 4.69) is 4.99 Å². The molecule has 1 aromatic heterocycles. The van der Waals surface area contributed by atoms with Crippen molar-refractivity contribution in [2.75, 3.05) is 7.11 Å². The van der Waals surface area contributed by atoms with Crippen LogP contribution >= 0.6 is 11.6 Å². The molecule has 0 spiro atoms. The van der Waals surface area contributed by atoms with Crippen LogP contribution in [0.25, 0.3) is 10.8 Å². The van der Waals surface area contributed by atoms with E-state index in [-0.39, 0.29) is 32.8 Å². The predicted octanol–water partition coefficient (Wildman–Crippen LogP) is 6.03. The van der Waals surface area contributed by atoms with Gasteiger partial charge >= 0.3 is 11.8 Å². The zero-order valence-corrected chi connectivity index (χ0v) is 18.5. The van der Waals surface area contributed by atoms with Crippen molar-refractivity contribution in [2.45, 2.75) is 31.5 Å². The Balaban J connectivity index is 2.08. The number of hydrogen-bond acceptors (Lipinski definition) is 5. The van der Waals surface area contributed by atoms with Crippen molar-refractivity contribution in [3.8, 4) is 5.75 Å². The van der Waals surface area contributed by atoms with Crippen LogP contribution in [-0.4, -0.2) is 30.2 Å². The van der Waals surface area contributed by atoms with Crippen molar-refractivity contribution in [1.29, 1.82) is 0 Å². The SMILES string of the molecule is COc1c(C(C)C(C)C(O)(C=Nc2cccc3c(=O)occc23)C(F)(F)F)ccc(Cl)c1F. The Bertz CT molecular complexity index is 1260. The third-order valence-corrected chi connectivity index (χ3v) is 6.08. The lowest BCUT2D eigenvalue weighted by Crippen LogP contribution is -2.53. The Morgan fingerprint density at radius 2 is 1.85 bits per heavy atom. The first kappa shape index (κ1) is 24.7. The number of methoxy groups -OCH3 is 1. The van der Waals surface area contributed by atoms with Crippen molar-refractivity contribution >= 4 is 34.3 Å². The van der Waals surface area contributed by atoms with Crippen LogP contribution in [-0.2, 0) is 0 Å². The Kier molecular flexibility index (Phi) is 6.85. The second-order valence-corrected chi connectivity index (χ2v) is 8.00. The minimum atomic E-state index is -5.12. The molecule has 0 fully saturated rings. The van der Waals surface area contributed by atoms with Gasteiger partial charge in [0.15, 0.2) is 17.2 Å². The standard InChI is InChI=1S/C23H20ClF4NO4/c1-12(14-7-8-17(24)19(25)20(14)32-3)13(2)22(31,23(26,27)28)11-29-18-6-4-5-16-15(18)9-10-33-21(16)30/h4-13,31H,1-3H3. The molecule has 2 aromatic carbocycles. The first-order valence-corrected chi connectivity index (χ1v) is 10.2. The number of nitrogens with zero attached hydrogens (tertiary/aromatic N) is 1. The molecule has 5 nitrogen and oxygen atoms in total. The molecule has 0 radical (unpaired) electrons. The highest BCUT2D eigenvalue weighted by Crippen LogP contribution is 2.45. The lowest BCUT2D eigenvalue weighted by Gasteiger charge is -2.36. The van der Waals surface area contributed by atoms with Gasteiger partial charge in [-0.1, -0.05) is 37.6 Å². The molecule has 0 saturated heterocycles. The molecule has 3 unspecified atom stereocenters. The fourth-order valence-electron chi connectivity index (χ4n) is 3.63. The summed E-state index contributed by atoms with van der Waals surface area (Å²) >= 11 is 5.75. The fraction of sp³-hybridized carbons (Fsp3) is 0.304. The molecule has 0 bridgehead atoms. The lowest BCUT2D eigenvalue weighted by molar-refractivity contribution is -0.246. The van der Waals surface area contributed by atoms with E-state index in [1.165, 1.54) is 57.4 Å². The number of aliphatic imine (C=N–C) groups is 1. The van der Waals surface area contributed by atoms with Gasteiger partial charge in [-0.2, -0.15) is 13.2 Å². The maximum Gasteiger partial charge on any atom is 0.422 e. The summed E-state index contributed by atoms with van der Waals surface area (Å²) in [6, 6.07) is 8.24. The predicted molar refractivity (Wildman–Crippen MR) is 117 cm³/mol. The molecule has 0 aliphatic carbocycles. The van der Waals surface area contributed by atoms with Crippen LogP contribution in [0.5, 0.6) is 5.75 Å². The van der Waals surface area contributed by atoms with E-state index in [1.54, 1.807) is 0 Å². The Morgan fingerprint density at radius 3 is 2.48 bits per heavy atom. The van der Waals surface area contributed by atoms with Crippen LogP contribution in [0, 0.1) is 11.7 Å². The molecule has 3 aromatic rings. The van der Waals surface area contributed by atoms with Gasteiger partial charge in [-0.25, -0.2) is 9.18 Å². The Morgan fingerprint density at radius 1 is 1.15 bits per heavy atom. The molecular weight excluding hydrogens is 466 g/mol. The van der Waals surface area contributed by atoms with Gasteiger partial charge in [0.25, 0.3) is 0 Å². The smallest absolute Gasteiger partial charge is 0.422 e. The largest absolute Gasteiger partial charge is 0.493 e. The van der Waals surface area contributed by atoms with Crippen molar-refractivity contribution in [3.63, 3.8) is 0 Å². The zero-order valence-electron chi connectivity index (χ0n) is 17.8. The van der Waals surface area contributed by atoms with E-state index >= 15 is 0 Å². The van der Waals surface area contributed by atoms with Gasteiger partial charge < -0.3 is 14.3 Å². The van der Waals surface area contributed by atoms with Crippen LogP contribution in [0.15, 0.2) is 56.9 Å². The monoisotopic (exact) mass is 485 g/mol. The van der Waals surface area contributed by atoms with Crippen LogP contribution in [0.2, 0.25) is 5.02 Å². The maximum absolute atomic E-state index is 14.4. The van der Waals surface area contributed by atoms with E-state index < -0.39 is 35.1 Å². The number of ether oxygens (including phenoxy) is 1. The van der Waals surface area contributed by atoms with Gasteiger partial charge in [-0.15, -0.1) is 0 Å². The number of alkyl halides is 3. The molecular formula is C23H20ClF4NO4. The second kappa shape index (κ2) is 9.15. The van der Waals surface area contributed by atoms with Gasteiger partial charge in [0.05, 0.1) is 29.5 Å². The van der Waals surface area contributed by atoms with E-state index in [4.69, 9.17) is 20.8 Å². The first-order valence-electron chi connectivity index (χ1n) is 9.79. The third-order valence-electron chi connectivity index (χ3n) is 5.79. The summed E-state index contributed by atoms with van der Waals surface area (Å²) < 4.78 is 66.5. The number of benzene rings is 2. The molecule has 176 valence electrons. The number of hydrogen-bond donors (Lipinski definition) is 1. The summed E-state index contributed by atoms with van der Waals surface area (Å²) in [6.45, 7) is 2.58. The van der Waals surface area contributed by atoms with Gasteiger partial charge in [-0.05, 0) is 30.2 Å². The van der Waals surface area contributed by atoms with Crippen molar-refractivity contribution < 1.29 is 31.8 Å². The minimum absolute atomic E-state index is 0.0399. The highest BCUT2D eigenvalue weighted by atomic mass is 35.5. The molecule has 3 atom stereocenters. The van der Waals surface area contributed by atoms with Gasteiger partial charge in [-0.3, -0.25) is 4.99 Å². The third kappa shape index (κ3) is 4.47. The summed E-state index contributed by atoms with van der Waals surface area (Å²) in [7, 11) is 1.17. The van der Waals surface area contributed by atoms with Crippen molar-refractivity contribution in [1.82, 2.24) is 0 Å². The van der Waals surface area contributed by atoms with Crippen LogP contribution in [0.4, 0.5) is 23.2 Å². The van der Waals surface area contributed by atoms with E-state index in [0.717, 1.165) is 6.26 Å². The fourth-order valence-corrected chi connectivity index (χ4v) is 3.78. The van der Waals surface area contributed by atoms with Gasteiger partial charge in [0.2, 0.25) is 0 Å². The summed E-state index contributed by atoms with van der Waals surface area (Å²) in [4.78, 5) is 15.7. The molecule has 10 heteroatoms. The quantitative estimate of drug-likeness (QED) is 0.342. The van der Waals surface area contributed by atoms with Crippen molar-refractivity contribution in [3.05, 3.63) is 69.5 Å². The highest BCUT2D eigenvalue weighted by molar-refractivity contribution is 6.30. The normalized spacial score (nSPS) is 16.0. The molecule has 0 aliphatic heterocycles. The topological polar surface area (TPSA) is 72.0 Å². The van der Waals surface area contributed by atoms with Crippen LogP contribution in [0.3, 0.4) is 0 Å². The molecule has 0 aliphatic rings. The number of fused-ring (bicyclic) bond motifs is 1. The van der Waals surface area contributed by atoms with Gasteiger partial charge in [0, 0.05) is 23.1 Å². The number of aliphatic hydroxyl groups is 1. The van der Waals surface area contributed by atoms with E-state index in [9.17, 15) is 27.5 Å². The maximum atomic E-state index is 14.4. The zero-order chi connectivity index (χ0) is 24.6. The average molecular weight is 486 g/mol. The average Bonchev–Trinajstić information content (AvgIpc) is 2.77. The Labute approximate surface area is 191 Å². The van der Waals surface area contributed by atoms with E-state index in [0.29, 0.717) is 6.21 Å². The lowest BCUT2D eigenvalue weighted by atomic mass is 9.76. The number of halogens is 5. The first-order chi connectivity index (χ1) is 15.4. The molecule has 0 saturated carbocycles. The molecule has 1 heterocycles. The summed E-state index contributed by atoms with van der Waals surface area (Å²) in [5.41, 5.74) is -3.92. The van der Waals surface area contributed by atoms with Gasteiger partial charge in [0.1, 0.15) is 0 Å². The summed E-state index contributed by atoms with van der Waals surface area (Å²) in [5.74, 6) is -3.75. The molecule has 33 heavy (non-hydrogen) atoms. The molecule has 0 amide bonds. The number of rotatable bonds is 6. The molecule has 1 N–H and O–H groups in total. The summed E-state index contributed by atoms with van der Waals surface area (Å²) in [5, 5.41) is 11.0. The van der Waals surface area contributed by atoms with Crippen LogP contribution < -0.4 is 10.4 Å². The van der Waals surface area contributed by atoms with Crippen molar-refractivity contribution in [2.24, 2.45) is 10.9 Å². The van der Waals surface area contributed by atoms with Crippen LogP contribution in [0.1, 0.15) is 25.3 Å². The van der Waals surface area contributed by atoms with E-state index in [1.807, 2.05) is 0 Å². The second-order valence-electron chi connectivity index (χ2n) is 7.59. The molecule has 3 rings (SSSR count). The summed E-state index contributed by atoms with van der Waals surface area (Å²) in [6.07, 6.45) is -3.62. The highest BCUT2D eigenvalue weighted by Gasteiger charge is 2.57. The Hall–Kier alpha value is -2.91.